The Bertz CT molecular complexity index is 406. The minimum Gasteiger partial charge on any atom is -0.488 e. The Morgan fingerprint density at radius 2 is 1.89 bits per heavy atom. The van der Waals surface area contributed by atoms with E-state index in [0.717, 1.165) is 0 Å². The standard InChI is InChI=1S/C13H16F2N2O/c14-11-8-10(4-6-17)9-12(15)13(11)18-7-3-1-2-5-16/h8-9H,1-4,6-7,17H2. The third-order valence-corrected chi connectivity index (χ3v) is 2.42. The van der Waals surface area contributed by atoms with Gasteiger partial charge in [0.05, 0.1) is 12.7 Å². The molecule has 0 radical (unpaired) electrons. The number of unbranched alkanes of at least 4 members (excludes halogenated alkanes) is 2. The molecule has 0 aliphatic carbocycles. The second-order valence-corrected chi connectivity index (χ2v) is 3.89. The molecule has 0 spiro atoms. The van der Waals surface area contributed by atoms with Crippen LogP contribution in [0.5, 0.6) is 5.75 Å². The van der Waals surface area contributed by atoms with E-state index in [1.54, 1.807) is 0 Å². The van der Waals surface area contributed by atoms with Gasteiger partial charge in [-0.15, -0.1) is 0 Å². The Kier molecular flexibility index (Phi) is 6.09. The molecule has 0 aliphatic heterocycles. The summed E-state index contributed by atoms with van der Waals surface area (Å²) < 4.78 is 32.2. The van der Waals surface area contributed by atoms with Gasteiger partial charge < -0.3 is 10.5 Å². The molecule has 0 aromatic heterocycles. The molecule has 0 saturated carbocycles. The summed E-state index contributed by atoms with van der Waals surface area (Å²) in [6, 6.07) is 4.47. The lowest BCUT2D eigenvalue weighted by Crippen LogP contribution is -2.06. The van der Waals surface area contributed by atoms with Crippen LogP contribution in [0.4, 0.5) is 8.78 Å². The van der Waals surface area contributed by atoms with Crippen LogP contribution in [-0.4, -0.2) is 13.2 Å². The molecule has 0 amide bonds. The van der Waals surface area contributed by atoms with Crippen LogP contribution < -0.4 is 10.5 Å². The van der Waals surface area contributed by atoms with Crippen molar-refractivity contribution in [2.24, 2.45) is 5.73 Å². The van der Waals surface area contributed by atoms with Crippen LogP contribution in [0.1, 0.15) is 24.8 Å². The van der Waals surface area contributed by atoms with E-state index in [0.29, 0.717) is 37.8 Å². The van der Waals surface area contributed by atoms with Crippen molar-refractivity contribution in [1.82, 2.24) is 0 Å². The van der Waals surface area contributed by atoms with Crippen molar-refractivity contribution in [1.29, 1.82) is 5.26 Å². The first-order valence-corrected chi connectivity index (χ1v) is 5.86. The first kappa shape index (κ1) is 14.4. The number of ether oxygens (including phenoxy) is 1. The van der Waals surface area contributed by atoms with Gasteiger partial charge in [0.15, 0.2) is 17.4 Å². The molecule has 0 aliphatic rings. The molecule has 0 atom stereocenters. The highest BCUT2D eigenvalue weighted by atomic mass is 19.1. The zero-order valence-electron chi connectivity index (χ0n) is 10.1. The predicted molar refractivity (Wildman–Crippen MR) is 64.1 cm³/mol. The topological polar surface area (TPSA) is 59.0 Å². The van der Waals surface area contributed by atoms with Crippen molar-refractivity contribution in [3.63, 3.8) is 0 Å². The lowest BCUT2D eigenvalue weighted by Gasteiger charge is -2.09. The van der Waals surface area contributed by atoms with E-state index in [2.05, 4.69) is 0 Å². The van der Waals surface area contributed by atoms with E-state index >= 15 is 0 Å². The van der Waals surface area contributed by atoms with Crippen molar-refractivity contribution in [2.45, 2.75) is 25.7 Å². The highest BCUT2D eigenvalue weighted by molar-refractivity contribution is 5.31. The van der Waals surface area contributed by atoms with Crippen molar-refractivity contribution >= 4 is 0 Å². The van der Waals surface area contributed by atoms with Gasteiger partial charge in [-0.05, 0) is 43.5 Å². The second kappa shape index (κ2) is 7.62. The molecule has 18 heavy (non-hydrogen) atoms. The largest absolute Gasteiger partial charge is 0.488 e. The molecule has 0 fully saturated rings. The number of halogens is 2. The summed E-state index contributed by atoms with van der Waals surface area (Å²) in [5, 5.41) is 8.33. The highest BCUT2D eigenvalue weighted by Crippen LogP contribution is 2.23. The van der Waals surface area contributed by atoms with Crippen LogP contribution in [0, 0.1) is 23.0 Å². The number of nitrogens with zero attached hydrogens (tertiary/aromatic N) is 1. The quantitative estimate of drug-likeness (QED) is 0.761. The molecule has 2 N–H and O–H groups in total. The summed E-state index contributed by atoms with van der Waals surface area (Å²) in [4.78, 5) is 0. The van der Waals surface area contributed by atoms with Gasteiger partial charge >= 0.3 is 0 Å². The van der Waals surface area contributed by atoms with Crippen LogP contribution in [0.25, 0.3) is 0 Å². The lowest BCUT2D eigenvalue weighted by atomic mass is 10.1. The molecule has 5 heteroatoms. The fraction of sp³-hybridized carbons (Fsp3) is 0.462. The van der Waals surface area contributed by atoms with Crippen molar-refractivity contribution in [2.75, 3.05) is 13.2 Å². The van der Waals surface area contributed by atoms with Gasteiger partial charge in [0, 0.05) is 6.42 Å². The number of rotatable bonds is 7. The monoisotopic (exact) mass is 254 g/mol. The minimum absolute atomic E-state index is 0.200. The van der Waals surface area contributed by atoms with Gasteiger partial charge in [0.1, 0.15) is 0 Å². The van der Waals surface area contributed by atoms with E-state index in [4.69, 9.17) is 15.7 Å². The molecule has 0 bridgehead atoms. The number of hydrogen-bond donors (Lipinski definition) is 1. The maximum atomic E-state index is 13.6. The smallest absolute Gasteiger partial charge is 0.190 e. The van der Waals surface area contributed by atoms with Gasteiger partial charge in [-0.2, -0.15) is 5.26 Å². The molecule has 1 aromatic carbocycles. The molecule has 3 nitrogen and oxygen atoms in total. The second-order valence-electron chi connectivity index (χ2n) is 3.89. The molecule has 1 rings (SSSR count). The molecule has 0 heterocycles. The van der Waals surface area contributed by atoms with Gasteiger partial charge in [-0.25, -0.2) is 8.78 Å². The molecular weight excluding hydrogens is 238 g/mol. The summed E-state index contributed by atoms with van der Waals surface area (Å²) >= 11 is 0. The molecular formula is C13H16F2N2O. The van der Waals surface area contributed by atoms with Crippen LogP contribution in [-0.2, 0) is 6.42 Å². The molecule has 0 saturated heterocycles. The van der Waals surface area contributed by atoms with Crippen LogP contribution >= 0.6 is 0 Å². The number of hydrogen-bond acceptors (Lipinski definition) is 3. The van der Waals surface area contributed by atoms with Crippen molar-refractivity contribution in [3.05, 3.63) is 29.3 Å². The summed E-state index contributed by atoms with van der Waals surface area (Å²) in [7, 11) is 0. The van der Waals surface area contributed by atoms with Gasteiger partial charge in [-0.3, -0.25) is 0 Å². The SMILES string of the molecule is N#CCCCCOc1c(F)cc(CCN)cc1F. The Morgan fingerprint density at radius 3 is 2.44 bits per heavy atom. The van der Waals surface area contributed by atoms with E-state index in [-0.39, 0.29) is 12.4 Å². The molecule has 98 valence electrons. The minimum atomic E-state index is -0.710. The third-order valence-electron chi connectivity index (χ3n) is 2.42. The van der Waals surface area contributed by atoms with Crippen molar-refractivity contribution in [3.8, 4) is 11.8 Å². The average molecular weight is 254 g/mol. The fourth-order valence-electron chi connectivity index (χ4n) is 1.54. The van der Waals surface area contributed by atoms with Gasteiger partial charge in [-0.1, -0.05) is 0 Å². The maximum absolute atomic E-state index is 13.6. The Labute approximate surface area is 105 Å². The van der Waals surface area contributed by atoms with E-state index in [1.165, 1.54) is 12.1 Å². The molecule has 0 unspecified atom stereocenters. The van der Waals surface area contributed by atoms with E-state index in [9.17, 15) is 8.78 Å². The predicted octanol–water partition coefficient (Wildman–Crippen LogP) is 2.54. The summed E-state index contributed by atoms with van der Waals surface area (Å²) in [6.07, 6.45) is 2.10. The van der Waals surface area contributed by atoms with E-state index < -0.39 is 11.6 Å². The Morgan fingerprint density at radius 1 is 1.22 bits per heavy atom. The number of nitriles is 1. The maximum Gasteiger partial charge on any atom is 0.190 e. The fourth-order valence-corrected chi connectivity index (χ4v) is 1.54. The normalized spacial score (nSPS) is 10.1. The number of benzene rings is 1. The van der Waals surface area contributed by atoms with Crippen LogP contribution in [0.2, 0.25) is 0 Å². The lowest BCUT2D eigenvalue weighted by molar-refractivity contribution is 0.277. The number of nitrogens with two attached hydrogens (primary N) is 1. The van der Waals surface area contributed by atoms with Crippen LogP contribution in [0.15, 0.2) is 12.1 Å². The third kappa shape index (κ3) is 4.30. The van der Waals surface area contributed by atoms with Crippen molar-refractivity contribution < 1.29 is 13.5 Å². The summed E-state index contributed by atoms with van der Waals surface area (Å²) in [5.41, 5.74) is 5.84. The first-order valence-electron chi connectivity index (χ1n) is 5.86. The summed E-state index contributed by atoms with van der Waals surface area (Å²) in [5.74, 6) is -1.77. The molecule has 1 aromatic rings. The Balaban J connectivity index is 2.58. The average Bonchev–Trinajstić information content (AvgIpc) is 2.32. The first-order chi connectivity index (χ1) is 8.69. The Hall–Kier alpha value is -1.67. The van der Waals surface area contributed by atoms with Crippen LogP contribution in [0.3, 0.4) is 0 Å². The summed E-state index contributed by atoms with van der Waals surface area (Å²) in [6.45, 7) is 0.541. The van der Waals surface area contributed by atoms with Gasteiger partial charge in [0.25, 0.3) is 0 Å². The van der Waals surface area contributed by atoms with Gasteiger partial charge in [0.2, 0.25) is 0 Å². The van der Waals surface area contributed by atoms with E-state index in [1.807, 2.05) is 6.07 Å². The zero-order valence-corrected chi connectivity index (χ0v) is 10.1. The highest BCUT2D eigenvalue weighted by Gasteiger charge is 2.12. The zero-order chi connectivity index (χ0) is 13.4.